The SMILES string of the molecule is COc1ccc(S(=O)(=O)N2CCCC2)cc1NC(=O)CSCc1c(Cl)cccc1Cl. The Morgan fingerprint density at radius 2 is 1.83 bits per heavy atom. The standard InChI is InChI=1S/C20H22Cl2N2O4S2/c1-28-19-8-7-14(30(26,27)24-9-2-3-10-24)11-18(19)23-20(25)13-29-12-15-16(21)5-4-6-17(15)22/h4-8,11H,2-3,9-10,12-13H2,1H3,(H,23,25). The Balaban J connectivity index is 1.68. The van der Waals surface area contributed by atoms with Gasteiger partial charge in [-0.05, 0) is 48.7 Å². The average Bonchev–Trinajstić information content (AvgIpc) is 3.26. The first-order valence-electron chi connectivity index (χ1n) is 9.31. The highest BCUT2D eigenvalue weighted by atomic mass is 35.5. The fourth-order valence-corrected chi connectivity index (χ4v) is 6.23. The molecule has 0 spiro atoms. The van der Waals surface area contributed by atoms with Gasteiger partial charge in [-0.3, -0.25) is 4.79 Å². The molecule has 162 valence electrons. The Hall–Kier alpha value is -1.45. The summed E-state index contributed by atoms with van der Waals surface area (Å²) in [6, 6.07) is 9.76. The highest BCUT2D eigenvalue weighted by molar-refractivity contribution is 7.99. The van der Waals surface area contributed by atoms with Crippen molar-refractivity contribution in [2.24, 2.45) is 0 Å². The van der Waals surface area contributed by atoms with Crippen molar-refractivity contribution in [3.05, 3.63) is 52.0 Å². The number of carbonyl (C=O) groups excluding carboxylic acids is 1. The highest BCUT2D eigenvalue weighted by Gasteiger charge is 2.28. The lowest BCUT2D eigenvalue weighted by molar-refractivity contribution is -0.113. The number of halogens is 2. The van der Waals surface area contributed by atoms with Gasteiger partial charge in [0.1, 0.15) is 5.75 Å². The number of ether oxygens (including phenoxy) is 1. The van der Waals surface area contributed by atoms with E-state index in [9.17, 15) is 13.2 Å². The van der Waals surface area contributed by atoms with Gasteiger partial charge in [0.2, 0.25) is 15.9 Å². The Morgan fingerprint density at radius 1 is 1.17 bits per heavy atom. The molecule has 1 aliphatic heterocycles. The molecule has 0 radical (unpaired) electrons. The molecule has 1 heterocycles. The molecule has 0 aromatic heterocycles. The van der Waals surface area contributed by atoms with Gasteiger partial charge in [-0.25, -0.2) is 8.42 Å². The lowest BCUT2D eigenvalue weighted by atomic mass is 10.2. The van der Waals surface area contributed by atoms with Crippen LogP contribution in [0.25, 0.3) is 0 Å². The smallest absolute Gasteiger partial charge is 0.243 e. The first kappa shape index (κ1) is 23.2. The van der Waals surface area contributed by atoms with Crippen LogP contribution in [0.15, 0.2) is 41.3 Å². The van der Waals surface area contributed by atoms with Crippen LogP contribution in [-0.4, -0.2) is 44.6 Å². The maximum Gasteiger partial charge on any atom is 0.243 e. The van der Waals surface area contributed by atoms with Crippen LogP contribution in [-0.2, 0) is 20.6 Å². The van der Waals surface area contributed by atoms with E-state index in [2.05, 4.69) is 5.32 Å². The number of anilines is 1. The summed E-state index contributed by atoms with van der Waals surface area (Å²) in [4.78, 5) is 12.6. The van der Waals surface area contributed by atoms with E-state index in [-0.39, 0.29) is 16.6 Å². The Bertz CT molecular complexity index is 1010. The zero-order valence-electron chi connectivity index (χ0n) is 16.4. The number of thioether (sulfide) groups is 1. The lowest BCUT2D eigenvalue weighted by Crippen LogP contribution is -2.28. The van der Waals surface area contributed by atoms with Gasteiger partial charge in [-0.2, -0.15) is 4.31 Å². The molecule has 1 N–H and O–H groups in total. The topological polar surface area (TPSA) is 75.7 Å². The van der Waals surface area contributed by atoms with E-state index in [1.54, 1.807) is 24.3 Å². The number of carbonyl (C=O) groups is 1. The minimum Gasteiger partial charge on any atom is -0.495 e. The molecule has 1 aliphatic rings. The normalized spacial score (nSPS) is 14.6. The predicted octanol–water partition coefficient (Wildman–Crippen LogP) is 4.66. The van der Waals surface area contributed by atoms with E-state index in [1.807, 2.05) is 0 Å². The Kier molecular flexibility index (Phi) is 7.92. The Morgan fingerprint density at radius 3 is 2.47 bits per heavy atom. The van der Waals surface area contributed by atoms with Gasteiger partial charge < -0.3 is 10.1 Å². The third-order valence-electron chi connectivity index (χ3n) is 4.69. The average molecular weight is 489 g/mol. The van der Waals surface area contributed by atoms with Crippen molar-refractivity contribution in [1.29, 1.82) is 0 Å². The molecule has 1 fully saturated rings. The van der Waals surface area contributed by atoms with E-state index in [4.69, 9.17) is 27.9 Å². The predicted molar refractivity (Wildman–Crippen MR) is 122 cm³/mol. The number of amides is 1. The number of sulfonamides is 1. The lowest BCUT2D eigenvalue weighted by Gasteiger charge is -2.17. The molecule has 6 nitrogen and oxygen atoms in total. The van der Waals surface area contributed by atoms with Crippen molar-refractivity contribution in [3.63, 3.8) is 0 Å². The van der Waals surface area contributed by atoms with Crippen molar-refractivity contribution >= 4 is 56.6 Å². The molecular formula is C20H22Cl2N2O4S2. The fraction of sp³-hybridized carbons (Fsp3) is 0.350. The molecular weight excluding hydrogens is 467 g/mol. The van der Waals surface area contributed by atoms with Crippen LogP contribution in [0.4, 0.5) is 5.69 Å². The highest BCUT2D eigenvalue weighted by Crippen LogP contribution is 2.31. The van der Waals surface area contributed by atoms with Crippen molar-refractivity contribution < 1.29 is 17.9 Å². The molecule has 0 aliphatic carbocycles. The molecule has 0 saturated carbocycles. The molecule has 30 heavy (non-hydrogen) atoms. The monoisotopic (exact) mass is 488 g/mol. The number of rotatable bonds is 8. The first-order chi connectivity index (χ1) is 14.3. The van der Waals surface area contributed by atoms with Crippen LogP contribution < -0.4 is 10.1 Å². The maximum absolute atomic E-state index is 12.8. The van der Waals surface area contributed by atoms with Crippen LogP contribution in [0, 0.1) is 0 Å². The Labute approximate surface area is 190 Å². The quantitative estimate of drug-likeness (QED) is 0.584. The number of nitrogens with zero attached hydrogens (tertiary/aromatic N) is 1. The molecule has 0 atom stereocenters. The second-order valence-corrected chi connectivity index (χ2v) is 10.5. The third-order valence-corrected chi connectivity index (χ3v) is 8.25. The van der Waals surface area contributed by atoms with Crippen molar-refractivity contribution in [3.8, 4) is 5.75 Å². The van der Waals surface area contributed by atoms with Gasteiger partial charge in [0, 0.05) is 28.9 Å². The van der Waals surface area contributed by atoms with Crippen LogP contribution in [0.3, 0.4) is 0 Å². The summed E-state index contributed by atoms with van der Waals surface area (Å²) in [5, 5.41) is 3.85. The largest absolute Gasteiger partial charge is 0.495 e. The van der Waals surface area contributed by atoms with E-state index < -0.39 is 10.0 Å². The molecule has 0 bridgehead atoms. The second-order valence-electron chi connectivity index (χ2n) is 6.71. The van der Waals surface area contributed by atoms with Gasteiger partial charge in [0.25, 0.3) is 0 Å². The van der Waals surface area contributed by atoms with Crippen molar-refractivity contribution in [2.45, 2.75) is 23.5 Å². The number of methoxy groups -OCH3 is 1. The van der Waals surface area contributed by atoms with E-state index in [0.29, 0.717) is 40.3 Å². The summed E-state index contributed by atoms with van der Waals surface area (Å²) in [5.74, 6) is 0.736. The van der Waals surface area contributed by atoms with E-state index in [0.717, 1.165) is 18.4 Å². The molecule has 10 heteroatoms. The van der Waals surface area contributed by atoms with Crippen molar-refractivity contribution in [1.82, 2.24) is 4.31 Å². The van der Waals surface area contributed by atoms with Crippen molar-refractivity contribution in [2.75, 3.05) is 31.3 Å². The van der Waals surface area contributed by atoms with Gasteiger partial charge in [0.15, 0.2) is 0 Å². The summed E-state index contributed by atoms with van der Waals surface area (Å²) in [5.41, 5.74) is 1.09. The van der Waals surface area contributed by atoms with Crippen LogP contribution in [0.5, 0.6) is 5.75 Å². The summed E-state index contributed by atoms with van der Waals surface area (Å²) in [6.45, 7) is 1.02. The number of nitrogens with one attached hydrogen (secondary N) is 1. The van der Waals surface area contributed by atoms with E-state index >= 15 is 0 Å². The molecule has 1 amide bonds. The van der Waals surface area contributed by atoms with Crippen LogP contribution in [0.1, 0.15) is 18.4 Å². The van der Waals surface area contributed by atoms with Gasteiger partial charge in [-0.15, -0.1) is 11.8 Å². The van der Waals surface area contributed by atoms with Gasteiger partial charge >= 0.3 is 0 Å². The van der Waals surface area contributed by atoms with E-state index in [1.165, 1.54) is 35.3 Å². The number of hydrogen-bond donors (Lipinski definition) is 1. The third kappa shape index (κ3) is 5.42. The summed E-state index contributed by atoms with van der Waals surface area (Å²) >= 11 is 13.7. The van der Waals surface area contributed by atoms with Gasteiger partial charge in [0.05, 0.1) is 23.4 Å². The molecule has 1 saturated heterocycles. The summed E-state index contributed by atoms with van der Waals surface area (Å²) < 4.78 is 32.4. The minimum atomic E-state index is -3.59. The summed E-state index contributed by atoms with van der Waals surface area (Å²) in [6.07, 6.45) is 1.71. The molecule has 3 rings (SSSR count). The number of hydrogen-bond acceptors (Lipinski definition) is 5. The van der Waals surface area contributed by atoms with Crippen LogP contribution in [0.2, 0.25) is 10.0 Å². The minimum absolute atomic E-state index is 0.135. The van der Waals surface area contributed by atoms with Crippen LogP contribution >= 0.6 is 35.0 Å². The molecule has 2 aromatic carbocycles. The fourth-order valence-electron chi connectivity index (χ4n) is 3.13. The van der Waals surface area contributed by atoms with Gasteiger partial charge in [-0.1, -0.05) is 29.3 Å². The maximum atomic E-state index is 12.8. The summed E-state index contributed by atoms with van der Waals surface area (Å²) in [7, 11) is -2.13. The second kappa shape index (κ2) is 10.2. The number of benzene rings is 2. The zero-order valence-corrected chi connectivity index (χ0v) is 19.5. The zero-order chi connectivity index (χ0) is 21.7. The molecule has 0 unspecified atom stereocenters. The molecule has 2 aromatic rings. The first-order valence-corrected chi connectivity index (χ1v) is 12.7.